The summed E-state index contributed by atoms with van der Waals surface area (Å²) in [6.45, 7) is 8.40. The molecule has 0 spiro atoms. The largest absolute Gasteiger partial charge is 0.381 e. The highest BCUT2D eigenvalue weighted by Gasteiger charge is 2.39. The lowest BCUT2D eigenvalue weighted by Crippen LogP contribution is -2.51. The predicted molar refractivity (Wildman–Crippen MR) is 82.1 cm³/mol. The van der Waals surface area contributed by atoms with Crippen LogP contribution in [0.4, 0.5) is 0 Å². The van der Waals surface area contributed by atoms with Crippen molar-refractivity contribution in [2.75, 3.05) is 33.4 Å². The molecule has 1 aliphatic heterocycles. The zero-order valence-electron chi connectivity index (χ0n) is 13.0. The Morgan fingerprint density at radius 3 is 2.35 bits per heavy atom. The molecule has 3 N–H and O–H groups in total. The molecule has 120 valence electrons. The van der Waals surface area contributed by atoms with E-state index in [1.807, 2.05) is 0 Å². The van der Waals surface area contributed by atoms with Crippen molar-refractivity contribution in [1.82, 2.24) is 5.32 Å². The summed E-state index contributed by atoms with van der Waals surface area (Å²) in [5.41, 5.74) is 5.35. The second kappa shape index (κ2) is 8.17. The van der Waals surface area contributed by atoms with Crippen LogP contribution in [0.25, 0.3) is 0 Å². The van der Waals surface area contributed by atoms with E-state index in [2.05, 4.69) is 26.1 Å². The molecule has 5 nitrogen and oxygen atoms in total. The second-order valence-corrected chi connectivity index (χ2v) is 6.40. The number of methoxy groups -OCH3 is 1. The van der Waals surface area contributed by atoms with Crippen LogP contribution in [0.5, 0.6) is 0 Å². The fraction of sp³-hybridized carbons (Fsp3) is 0.929. The maximum atomic E-state index is 12.4. The Bertz CT molecular complexity index is 299. The molecular weight excluding hydrogens is 280 g/mol. The Hall–Kier alpha value is -0.360. The number of hydrogen-bond acceptors (Lipinski definition) is 4. The van der Waals surface area contributed by atoms with Gasteiger partial charge in [-0.3, -0.25) is 4.79 Å². The highest BCUT2D eigenvalue weighted by molar-refractivity contribution is 5.85. The number of ether oxygens (including phenoxy) is 2. The van der Waals surface area contributed by atoms with E-state index in [1.54, 1.807) is 7.11 Å². The molecule has 1 unspecified atom stereocenters. The van der Waals surface area contributed by atoms with Gasteiger partial charge in [0.05, 0.1) is 11.5 Å². The molecule has 0 aromatic heterocycles. The first-order valence-electron chi connectivity index (χ1n) is 6.94. The molecule has 0 radical (unpaired) electrons. The van der Waals surface area contributed by atoms with Crippen molar-refractivity contribution >= 4 is 18.3 Å². The number of carbonyl (C=O) groups excluding carboxylic acids is 1. The number of rotatable bonds is 5. The standard InChI is InChI=1S/C14H28N2O3.ClH/c1-13(2,3)11(18-4)9-16-12(17)14(10-15)5-7-19-8-6-14;/h11H,5-10,15H2,1-4H3,(H,16,17);1H. The molecule has 1 rings (SSSR count). The zero-order valence-corrected chi connectivity index (χ0v) is 13.8. The second-order valence-electron chi connectivity index (χ2n) is 6.40. The van der Waals surface area contributed by atoms with E-state index in [1.165, 1.54) is 0 Å². The number of halogens is 1. The monoisotopic (exact) mass is 308 g/mol. The minimum Gasteiger partial charge on any atom is -0.381 e. The molecule has 1 atom stereocenters. The van der Waals surface area contributed by atoms with Crippen LogP contribution in [0.1, 0.15) is 33.6 Å². The topological polar surface area (TPSA) is 73.6 Å². The van der Waals surface area contributed by atoms with Crippen molar-refractivity contribution < 1.29 is 14.3 Å². The summed E-state index contributed by atoms with van der Waals surface area (Å²) >= 11 is 0. The van der Waals surface area contributed by atoms with Crippen molar-refractivity contribution in [3.63, 3.8) is 0 Å². The van der Waals surface area contributed by atoms with E-state index < -0.39 is 5.41 Å². The lowest BCUT2D eigenvalue weighted by molar-refractivity contribution is -0.136. The van der Waals surface area contributed by atoms with Crippen LogP contribution in [0.2, 0.25) is 0 Å². The minimum absolute atomic E-state index is 0. The molecule has 0 aliphatic carbocycles. The van der Waals surface area contributed by atoms with Gasteiger partial charge in [0.25, 0.3) is 0 Å². The van der Waals surface area contributed by atoms with E-state index >= 15 is 0 Å². The van der Waals surface area contributed by atoms with Crippen molar-refractivity contribution in [2.45, 2.75) is 39.7 Å². The van der Waals surface area contributed by atoms with Crippen LogP contribution in [0.3, 0.4) is 0 Å². The fourth-order valence-electron chi connectivity index (χ4n) is 2.40. The number of carbonyl (C=O) groups is 1. The quantitative estimate of drug-likeness (QED) is 0.804. The Balaban J connectivity index is 0.00000361. The lowest BCUT2D eigenvalue weighted by Gasteiger charge is -2.36. The predicted octanol–water partition coefficient (Wildman–Crippen LogP) is 1.34. The van der Waals surface area contributed by atoms with Crippen molar-refractivity contribution in [1.29, 1.82) is 0 Å². The maximum Gasteiger partial charge on any atom is 0.227 e. The normalized spacial score (nSPS) is 19.9. The smallest absolute Gasteiger partial charge is 0.227 e. The molecule has 0 saturated carbocycles. The molecule has 1 fully saturated rings. The molecule has 0 bridgehead atoms. The maximum absolute atomic E-state index is 12.4. The molecule has 1 amide bonds. The van der Waals surface area contributed by atoms with E-state index in [0.717, 1.165) is 0 Å². The van der Waals surface area contributed by atoms with Crippen molar-refractivity contribution in [2.24, 2.45) is 16.6 Å². The fourth-order valence-corrected chi connectivity index (χ4v) is 2.40. The van der Waals surface area contributed by atoms with Crippen LogP contribution in [0, 0.1) is 10.8 Å². The van der Waals surface area contributed by atoms with Gasteiger partial charge in [-0.05, 0) is 18.3 Å². The SMILES string of the molecule is COC(CNC(=O)C1(CN)CCOCC1)C(C)(C)C.Cl. The summed E-state index contributed by atoms with van der Waals surface area (Å²) in [4.78, 5) is 12.4. The number of nitrogens with two attached hydrogens (primary N) is 1. The Morgan fingerprint density at radius 2 is 1.95 bits per heavy atom. The number of amides is 1. The lowest BCUT2D eigenvalue weighted by atomic mass is 9.79. The van der Waals surface area contributed by atoms with Gasteiger partial charge in [0.1, 0.15) is 0 Å². The minimum atomic E-state index is -0.464. The van der Waals surface area contributed by atoms with Crippen molar-refractivity contribution in [3.8, 4) is 0 Å². The molecule has 0 aromatic rings. The first-order valence-corrected chi connectivity index (χ1v) is 6.94. The molecule has 1 heterocycles. The van der Waals surface area contributed by atoms with Crippen LogP contribution >= 0.6 is 12.4 Å². The molecule has 1 aliphatic rings. The number of nitrogens with one attached hydrogen (secondary N) is 1. The summed E-state index contributed by atoms with van der Waals surface area (Å²) in [5, 5.41) is 3.00. The number of hydrogen-bond donors (Lipinski definition) is 2. The Kier molecular flexibility index (Phi) is 8.03. The van der Waals surface area contributed by atoms with E-state index in [0.29, 0.717) is 39.1 Å². The zero-order chi connectivity index (χ0) is 14.5. The van der Waals surface area contributed by atoms with Crippen LogP contribution in [0.15, 0.2) is 0 Å². The van der Waals surface area contributed by atoms with Crippen LogP contribution < -0.4 is 11.1 Å². The Morgan fingerprint density at radius 1 is 1.40 bits per heavy atom. The summed E-state index contributed by atoms with van der Waals surface area (Å²) in [6.07, 6.45) is 1.39. The summed E-state index contributed by atoms with van der Waals surface area (Å²) in [5.74, 6) is 0.0320. The highest BCUT2D eigenvalue weighted by Crippen LogP contribution is 2.30. The average Bonchev–Trinajstić information content (AvgIpc) is 2.38. The van der Waals surface area contributed by atoms with E-state index in [4.69, 9.17) is 15.2 Å². The van der Waals surface area contributed by atoms with Gasteiger partial charge in [0, 0.05) is 33.4 Å². The molecule has 0 aromatic carbocycles. The summed E-state index contributed by atoms with van der Waals surface area (Å²) < 4.78 is 10.8. The average molecular weight is 309 g/mol. The van der Waals surface area contributed by atoms with Gasteiger partial charge in [-0.1, -0.05) is 20.8 Å². The third kappa shape index (κ3) is 4.88. The highest BCUT2D eigenvalue weighted by atomic mass is 35.5. The third-order valence-corrected chi connectivity index (χ3v) is 4.02. The Labute approximate surface area is 128 Å². The molecule has 20 heavy (non-hydrogen) atoms. The first kappa shape index (κ1) is 19.6. The van der Waals surface area contributed by atoms with Crippen molar-refractivity contribution in [3.05, 3.63) is 0 Å². The van der Waals surface area contributed by atoms with Gasteiger partial charge in [0.15, 0.2) is 0 Å². The summed E-state index contributed by atoms with van der Waals surface area (Å²) in [7, 11) is 1.68. The molecular formula is C14H29ClN2O3. The van der Waals surface area contributed by atoms with Gasteiger partial charge in [-0.25, -0.2) is 0 Å². The van der Waals surface area contributed by atoms with Gasteiger partial charge in [-0.2, -0.15) is 0 Å². The van der Waals surface area contributed by atoms with Gasteiger partial charge in [0.2, 0.25) is 5.91 Å². The summed E-state index contributed by atoms with van der Waals surface area (Å²) in [6, 6.07) is 0. The third-order valence-electron chi connectivity index (χ3n) is 4.02. The van der Waals surface area contributed by atoms with E-state index in [-0.39, 0.29) is 29.8 Å². The van der Waals surface area contributed by atoms with E-state index in [9.17, 15) is 4.79 Å². The first-order chi connectivity index (χ1) is 8.85. The van der Waals surface area contributed by atoms with Gasteiger partial charge >= 0.3 is 0 Å². The van der Waals surface area contributed by atoms with Crippen LogP contribution in [-0.4, -0.2) is 45.4 Å². The molecule has 6 heteroatoms. The molecule has 1 saturated heterocycles. The van der Waals surface area contributed by atoms with Crippen LogP contribution in [-0.2, 0) is 14.3 Å². The van der Waals surface area contributed by atoms with Gasteiger partial charge in [-0.15, -0.1) is 12.4 Å². The van der Waals surface area contributed by atoms with Gasteiger partial charge < -0.3 is 20.5 Å².